The van der Waals surface area contributed by atoms with Crippen molar-refractivity contribution in [2.45, 2.75) is 38.8 Å². The van der Waals surface area contributed by atoms with Gasteiger partial charge in [-0.15, -0.1) is 0 Å². The van der Waals surface area contributed by atoms with Crippen molar-refractivity contribution in [2.24, 2.45) is 4.99 Å². The van der Waals surface area contributed by atoms with E-state index in [-0.39, 0.29) is 0 Å². The molecule has 2 aromatic carbocycles. The second-order valence-electron chi connectivity index (χ2n) is 6.51. The van der Waals surface area contributed by atoms with Crippen LogP contribution < -0.4 is 15.4 Å². The fourth-order valence-electron chi connectivity index (χ4n) is 2.63. The summed E-state index contributed by atoms with van der Waals surface area (Å²) in [6.45, 7) is 8.43. The minimum absolute atomic E-state index is 0.313. The Morgan fingerprint density at radius 3 is 2.39 bits per heavy atom. The summed E-state index contributed by atoms with van der Waals surface area (Å²) in [6, 6.07) is 13.0. The molecule has 0 aromatic heterocycles. The molecule has 0 aliphatic heterocycles. The van der Waals surface area contributed by atoms with Crippen molar-refractivity contribution in [1.82, 2.24) is 10.6 Å². The van der Waals surface area contributed by atoms with Gasteiger partial charge >= 0.3 is 0 Å². The van der Waals surface area contributed by atoms with Gasteiger partial charge in [-0.2, -0.15) is 0 Å². The molecule has 6 nitrogen and oxygen atoms in total. The molecule has 0 amide bonds. The second-order valence-corrected chi connectivity index (χ2v) is 8.52. The van der Waals surface area contributed by atoms with Gasteiger partial charge < -0.3 is 15.4 Å². The summed E-state index contributed by atoms with van der Waals surface area (Å²) in [5.74, 6) is 1.57. The maximum absolute atomic E-state index is 11.6. The van der Waals surface area contributed by atoms with Crippen LogP contribution in [-0.2, 0) is 22.9 Å². The smallest absolute Gasteiger partial charge is 0.191 e. The molecule has 7 heteroatoms. The van der Waals surface area contributed by atoms with Crippen molar-refractivity contribution in [3.63, 3.8) is 0 Å². The number of ether oxygens (including phenoxy) is 1. The van der Waals surface area contributed by atoms with Gasteiger partial charge in [0.05, 0.1) is 18.0 Å². The molecule has 0 radical (unpaired) electrons. The normalized spacial score (nSPS) is 11.9. The van der Waals surface area contributed by atoms with Crippen LogP contribution in [0.15, 0.2) is 52.4 Å². The van der Waals surface area contributed by atoms with E-state index in [1.165, 1.54) is 6.26 Å². The number of hydrogen-bond donors (Lipinski definition) is 2. The highest BCUT2D eigenvalue weighted by molar-refractivity contribution is 7.90. The Hall–Kier alpha value is -2.54. The van der Waals surface area contributed by atoms with Gasteiger partial charge in [-0.05, 0) is 50.1 Å². The highest BCUT2D eigenvalue weighted by Gasteiger charge is 2.07. The number of hydrogen-bond acceptors (Lipinski definition) is 4. The van der Waals surface area contributed by atoms with Crippen molar-refractivity contribution < 1.29 is 13.2 Å². The fraction of sp³-hybridized carbons (Fsp3) is 0.381. The van der Waals surface area contributed by atoms with Crippen LogP contribution in [-0.4, -0.2) is 33.8 Å². The predicted octanol–water partition coefficient (Wildman–Crippen LogP) is 3.05. The molecule has 0 spiro atoms. The number of aliphatic imine (C=N–C) groups is 1. The van der Waals surface area contributed by atoms with E-state index in [2.05, 4.69) is 27.8 Å². The van der Waals surface area contributed by atoms with Crippen molar-refractivity contribution in [1.29, 1.82) is 0 Å². The lowest BCUT2D eigenvalue weighted by atomic mass is 10.1. The molecule has 0 atom stereocenters. The quantitative estimate of drug-likeness (QED) is 0.523. The van der Waals surface area contributed by atoms with Crippen LogP contribution in [0.4, 0.5) is 0 Å². The Labute approximate surface area is 168 Å². The molecule has 152 valence electrons. The molecule has 0 bridgehead atoms. The Kier molecular flexibility index (Phi) is 7.87. The molecule has 28 heavy (non-hydrogen) atoms. The second kappa shape index (κ2) is 10.1. The molecule has 0 fully saturated rings. The summed E-state index contributed by atoms with van der Waals surface area (Å²) in [6.07, 6.45) is 1.20. The van der Waals surface area contributed by atoms with Crippen molar-refractivity contribution in [3.05, 3.63) is 59.2 Å². The number of sulfone groups is 1. The average Bonchev–Trinajstić information content (AvgIpc) is 2.65. The first kappa shape index (κ1) is 21.8. The van der Waals surface area contributed by atoms with Crippen LogP contribution in [0.3, 0.4) is 0 Å². The highest BCUT2D eigenvalue weighted by Crippen LogP contribution is 2.20. The SMILES string of the molecule is CCNC(=NCc1ccc(S(C)(=O)=O)cc1)NCc1ccc(C)cc1OCC. The maximum Gasteiger partial charge on any atom is 0.191 e. The Balaban J connectivity index is 2.07. The van der Waals surface area contributed by atoms with Gasteiger partial charge in [0.25, 0.3) is 0 Å². The third kappa shape index (κ3) is 6.56. The van der Waals surface area contributed by atoms with Gasteiger partial charge in [0, 0.05) is 24.9 Å². The Bertz CT molecular complexity index is 907. The number of nitrogens with zero attached hydrogens (tertiary/aromatic N) is 1. The zero-order valence-electron chi connectivity index (χ0n) is 17.0. The average molecular weight is 404 g/mol. The molecular weight excluding hydrogens is 374 g/mol. The third-order valence-electron chi connectivity index (χ3n) is 4.08. The van der Waals surface area contributed by atoms with E-state index >= 15 is 0 Å². The lowest BCUT2D eigenvalue weighted by molar-refractivity contribution is 0.336. The first-order chi connectivity index (χ1) is 13.3. The van der Waals surface area contributed by atoms with Crippen LogP contribution in [0, 0.1) is 6.92 Å². The van der Waals surface area contributed by atoms with Crippen molar-refractivity contribution in [2.75, 3.05) is 19.4 Å². The first-order valence-corrected chi connectivity index (χ1v) is 11.3. The van der Waals surface area contributed by atoms with Gasteiger partial charge in [-0.1, -0.05) is 24.3 Å². The molecule has 0 heterocycles. The number of nitrogens with one attached hydrogen (secondary N) is 2. The van der Waals surface area contributed by atoms with E-state index in [4.69, 9.17) is 4.74 Å². The van der Waals surface area contributed by atoms with Gasteiger partial charge in [0.2, 0.25) is 0 Å². The van der Waals surface area contributed by atoms with Crippen molar-refractivity contribution in [3.8, 4) is 5.75 Å². The van der Waals surface area contributed by atoms with E-state index < -0.39 is 9.84 Å². The minimum Gasteiger partial charge on any atom is -0.494 e. The molecule has 0 aliphatic carbocycles. The molecule has 0 aliphatic rings. The maximum atomic E-state index is 11.6. The number of benzene rings is 2. The predicted molar refractivity (Wildman–Crippen MR) is 114 cm³/mol. The summed E-state index contributed by atoms with van der Waals surface area (Å²) in [7, 11) is -3.18. The minimum atomic E-state index is -3.18. The molecular formula is C21H29N3O3S. The summed E-state index contributed by atoms with van der Waals surface area (Å²) in [5, 5.41) is 6.55. The summed E-state index contributed by atoms with van der Waals surface area (Å²) in [5.41, 5.74) is 3.16. The standard InChI is InChI=1S/C21H29N3O3S/c1-5-22-21(23-14-17-8-11-19(12-9-17)28(4,25)26)24-15-18-10-7-16(3)13-20(18)27-6-2/h7-13H,5-6,14-15H2,1-4H3,(H2,22,23,24). The molecule has 2 rings (SSSR count). The highest BCUT2D eigenvalue weighted by atomic mass is 32.2. The number of aryl methyl sites for hydroxylation is 1. The van der Waals surface area contributed by atoms with Crippen LogP contribution in [0.1, 0.15) is 30.5 Å². The lowest BCUT2D eigenvalue weighted by Crippen LogP contribution is -2.36. The molecule has 2 aromatic rings. The van der Waals surface area contributed by atoms with Gasteiger partial charge in [0.15, 0.2) is 15.8 Å². The van der Waals surface area contributed by atoms with Gasteiger partial charge in [0.1, 0.15) is 5.75 Å². The van der Waals surface area contributed by atoms with E-state index in [0.717, 1.165) is 29.0 Å². The van der Waals surface area contributed by atoms with E-state index in [1.54, 1.807) is 24.3 Å². The molecule has 0 saturated carbocycles. The first-order valence-electron chi connectivity index (χ1n) is 9.37. The Morgan fingerprint density at radius 2 is 1.79 bits per heavy atom. The summed E-state index contributed by atoms with van der Waals surface area (Å²) < 4.78 is 28.8. The molecule has 0 unspecified atom stereocenters. The monoisotopic (exact) mass is 403 g/mol. The van der Waals surface area contributed by atoms with Crippen LogP contribution >= 0.6 is 0 Å². The number of guanidine groups is 1. The molecule has 2 N–H and O–H groups in total. The number of rotatable bonds is 8. The largest absolute Gasteiger partial charge is 0.494 e. The van der Waals surface area contributed by atoms with Crippen molar-refractivity contribution >= 4 is 15.8 Å². The van der Waals surface area contributed by atoms with Crippen LogP contribution in [0.2, 0.25) is 0 Å². The van der Waals surface area contributed by atoms with Crippen LogP contribution in [0.5, 0.6) is 5.75 Å². The fourth-order valence-corrected chi connectivity index (χ4v) is 3.26. The third-order valence-corrected chi connectivity index (χ3v) is 5.21. The summed E-state index contributed by atoms with van der Waals surface area (Å²) in [4.78, 5) is 4.90. The van der Waals surface area contributed by atoms with Gasteiger partial charge in [-0.3, -0.25) is 0 Å². The van der Waals surface area contributed by atoms with Crippen LogP contribution in [0.25, 0.3) is 0 Å². The van der Waals surface area contributed by atoms with Gasteiger partial charge in [-0.25, -0.2) is 13.4 Å². The lowest BCUT2D eigenvalue weighted by Gasteiger charge is -2.15. The zero-order chi connectivity index (χ0) is 20.6. The van der Waals surface area contributed by atoms with E-state index in [1.807, 2.05) is 26.8 Å². The topological polar surface area (TPSA) is 79.8 Å². The molecule has 0 saturated heterocycles. The van der Waals surface area contributed by atoms with E-state index in [0.29, 0.717) is 30.6 Å². The zero-order valence-corrected chi connectivity index (χ0v) is 17.8. The Morgan fingerprint density at radius 1 is 1.07 bits per heavy atom. The van der Waals surface area contributed by atoms with E-state index in [9.17, 15) is 8.42 Å². The summed E-state index contributed by atoms with van der Waals surface area (Å²) >= 11 is 0.